The van der Waals surface area contributed by atoms with Crippen molar-refractivity contribution < 1.29 is 0 Å². The van der Waals surface area contributed by atoms with E-state index in [0.29, 0.717) is 0 Å². The first-order valence-corrected chi connectivity index (χ1v) is 9.19. The number of benzene rings is 2. The molecule has 0 saturated carbocycles. The second kappa shape index (κ2) is 7.08. The van der Waals surface area contributed by atoms with E-state index in [4.69, 9.17) is 5.10 Å². The average Bonchev–Trinajstić information content (AvgIpc) is 3.17. The summed E-state index contributed by atoms with van der Waals surface area (Å²) in [5.41, 5.74) is 3.84. The highest BCUT2D eigenvalue weighted by molar-refractivity contribution is 5.87. The maximum Gasteiger partial charge on any atom is 0.154 e. The Kier molecular flexibility index (Phi) is 4.14. The number of hydrogen-bond acceptors (Lipinski definition) is 5. The minimum Gasteiger partial charge on any atom is -0.368 e. The van der Waals surface area contributed by atoms with E-state index in [1.807, 2.05) is 22.8 Å². The lowest BCUT2D eigenvalue weighted by Crippen LogP contribution is -2.09. The zero-order valence-electron chi connectivity index (χ0n) is 15.2. The van der Waals surface area contributed by atoms with Gasteiger partial charge in [-0.2, -0.15) is 0 Å². The van der Waals surface area contributed by atoms with Crippen molar-refractivity contribution in [3.8, 4) is 11.3 Å². The maximum absolute atomic E-state index is 4.73. The van der Waals surface area contributed by atoms with Crippen LogP contribution in [0.2, 0.25) is 0 Å². The van der Waals surface area contributed by atoms with Gasteiger partial charge >= 0.3 is 0 Å². The van der Waals surface area contributed by atoms with E-state index in [-0.39, 0.29) is 0 Å². The van der Waals surface area contributed by atoms with Crippen molar-refractivity contribution in [3.05, 3.63) is 85.1 Å². The minimum atomic E-state index is 0.733. The molecule has 0 aliphatic rings. The van der Waals surface area contributed by atoms with Crippen LogP contribution in [0.3, 0.4) is 0 Å². The maximum atomic E-state index is 4.73. The molecule has 2 aromatic carbocycles. The first kappa shape index (κ1) is 16.4. The van der Waals surface area contributed by atoms with Gasteiger partial charge in [-0.1, -0.05) is 36.4 Å². The quantitative estimate of drug-likeness (QED) is 0.509. The zero-order valence-corrected chi connectivity index (χ0v) is 15.2. The normalized spacial score (nSPS) is 11.1. The van der Waals surface area contributed by atoms with Gasteiger partial charge in [0.25, 0.3) is 0 Å². The van der Waals surface area contributed by atoms with Gasteiger partial charge in [-0.15, -0.1) is 5.10 Å². The van der Waals surface area contributed by atoms with E-state index in [2.05, 4.69) is 62.7 Å². The summed E-state index contributed by atoms with van der Waals surface area (Å²) < 4.78 is 1.88. The Balaban J connectivity index is 1.42. The van der Waals surface area contributed by atoms with Crippen LogP contribution >= 0.6 is 0 Å². The van der Waals surface area contributed by atoms with Gasteiger partial charge in [-0.05, 0) is 29.0 Å². The summed E-state index contributed by atoms with van der Waals surface area (Å²) in [6.07, 6.45) is 7.83. The number of nitrogens with zero attached hydrogens (tertiary/aromatic N) is 5. The molecule has 0 unspecified atom stereocenters. The number of hydrogen-bond donors (Lipinski definition) is 1. The van der Waals surface area contributed by atoms with Gasteiger partial charge in [0, 0.05) is 37.1 Å². The predicted octanol–water partition coefficient (Wildman–Crippen LogP) is 3.99. The number of rotatable bonds is 5. The van der Waals surface area contributed by atoms with Gasteiger partial charge in [-0.3, -0.25) is 9.97 Å². The molecule has 0 fully saturated rings. The van der Waals surface area contributed by atoms with Gasteiger partial charge in [-0.25, -0.2) is 9.50 Å². The highest BCUT2D eigenvalue weighted by atomic mass is 15.3. The Morgan fingerprint density at radius 2 is 1.79 bits per heavy atom. The molecule has 3 heterocycles. The van der Waals surface area contributed by atoms with E-state index in [1.165, 1.54) is 10.8 Å². The van der Waals surface area contributed by atoms with Gasteiger partial charge in [0.2, 0.25) is 0 Å². The molecule has 1 N–H and O–H groups in total. The Hall–Kier alpha value is -3.80. The number of imidazole rings is 1. The number of aromatic nitrogens is 5. The average molecular weight is 366 g/mol. The molecule has 0 saturated heterocycles. The third-order valence-electron chi connectivity index (χ3n) is 4.71. The molecule has 0 aliphatic heterocycles. The Morgan fingerprint density at radius 1 is 0.857 bits per heavy atom. The Morgan fingerprint density at radius 3 is 2.68 bits per heavy atom. The van der Waals surface area contributed by atoms with Crippen LogP contribution in [0.15, 0.2) is 79.4 Å². The predicted molar refractivity (Wildman–Crippen MR) is 110 cm³/mol. The molecule has 5 aromatic rings. The second-order valence-corrected chi connectivity index (χ2v) is 6.57. The van der Waals surface area contributed by atoms with Crippen molar-refractivity contribution in [2.24, 2.45) is 0 Å². The second-order valence-electron chi connectivity index (χ2n) is 6.57. The molecule has 0 atom stereocenters. The molecular weight excluding hydrogens is 348 g/mol. The number of anilines is 1. The van der Waals surface area contributed by atoms with Crippen molar-refractivity contribution in [1.29, 1.82) is 0 Å². The van der Waals surface area contributed by atoms with Crippen LogP contribution in [0.5, 0.6) is 0 Å². The standard InChI is InChI=1S/C22H18N6/c1-2-4-17-13-18(6-5-16(17)3-1)20-15-26-22-8-7-21(27-28(20)22)25-10-9-19-14-23-11-12-24-19/h1-8,11-15H,9-10H2,(H,25,27). The van der Waals surface area contributed by atoms with Crippen molar-refractivity contribution >= 4 is 22.2 Å². The van der Waals surface area contributed by atoms with Gasteiger partial charge in [0.15, 0.2) is 5.65 Å². The van der Waals surface area contributed by atoms with Crippen LogP contribution in [-0.4, -0.2) is 31.1 Å². The van der Waals surface area contributed by atoms with E-state index in [0.717, 1.165) is 41.4 Å². The summed E-state index contributed by atoms with van der Waals surface area (Å²) >= 11 is 0. The Bertz CT molecular complexity index is 1250. The molecular formula is C22H18N6. The highest BCUT2D eigenvalue weighted by Gasteiger charge is 2.09. The van der Waals surface area contributed by atoms with E-state index in [1.54, 1.807) is 18.6 Å². The molecule has 0 radical (unpaired) electrons. The lowest BCUT2D eigenvalue weighted by molar-refractivity contribution is 0.901. The Labute approximate surface area is 161 Å². The molecule has 6 nitrogen and oxygen atoms in total. The van der Waals surface area contributed by atoms with Crippen molar-refractivity contribution in [1.82, 2.24) is 24.6 Å². The summed E-state index contributed by atoms with van der Waals surface area (Å²) in [6, 6.07) is 18.7. The molecule has 0 spiro atoms. The highest BCUT2D eigenvalue weighted by Crippen LogP contribution is 2.25. The third kappa shape index (κ3) is 3.16. The van der Waals surface area contributed by atoms with Crippen molar-refractivity contribution in [2.75, 3.05) is 11.9 Å². The summed E-state index contributed by atoms with van der Waals surface area (Å²) in [6.45, 7) is 0.733. The minimum absolute atomic E-state index is 0.733. The molecule has 0 aliphatic carbocycles. The van der Waals surface area contributed by atoms with Crippen LogP contribution < -0.4 is 5.32 Å². The van der Waals surface area contributed by atoms with Crippen LogP contribution in [0.4, 0.5) is 5.82 Å². The van der Waals surface area contributed by atoms with Crippen LogP contribution in [-0.2, 0) is 6.42 Å². The fourth-order valence-corrected chi connectivity index (χ4v) is 3.29. The van der Waals surface area contributed by atoms with Crippen LogP contribution in [0.25, 0.3) is 27.7 Å². The summed E-state index contributed by atoms with van der Waals surface area (Å²) in [4.78, 5) is 12.9. The monoisotopic (exact) mass is 366 g/mol. The van der Waals surface area contributed by atoms with E-state index < -0.39 is 0 Å². The molecule has 5 rings (SSSR count). The van der Waals surface area contributed by atoms with Gasteiger partial charge < -0.3 is 5.32 Å². The molecule has 0 amide bonds. The summed E-state index contributed by atoms with van der Waals surface area (Å²) in [5, 5.41) is 10.5. The fraction of sp³-hybridized carbons (Fsp3) is 0.0909. The van der Waals surface area contributed by atoms with Gasteiger partial charge in [0.05, 0.1) is 17.6 Å². The van der Waals surface area contributed by atoms with Crippen LogP contribution in [0.1, 0.15) is 5.69 Å². The first-order chi connectivity index (χ1) is 13.9. The van der Waals surface area contributed by atoms with E-state index in [9.17, 15) is 0 Å². The topological polar surface area (TPSA) is 68.0 Å². The number of nitrogens with one attached hydrogen (secondary N) is 1. The number of fused-ring (bicyclic) bond motifs is 2. The van der Waals surface area contributed by atoms with E-state index >= 15 is 0 Å². The summed E-state index contributed by atoms with van der Waals surface area (Å²) in [5.74, 6) is 0.802. The largest absolute Gasteiger partial charge is 0.368 e. The zero-order chi connectivity index (χ0) is 18.8. The fourth-order valence-electron chi connectivity index (χ4n) is 3.29. The van der Waals surface area contributed by atoms with Crippen molar-refractivity contribution in [3.63, 3.8) is 0 Å². The molecule has 0 bridgehead atoms. The smallest absolute Gasteiger partial charge is 0.154 e. The lowest BCUT2D eigenvalue weighted by Gasteiger charge is -2.07. The van der Waals surface area contributed by atoms with Gasteiger partial charge in [0.1, 0.15) is 5.82 Å². The molecule has 3 aromatic heterocycles. The molecule has 6 heteroatoms. The van der Waals surface area contributed by atoms with Crippen molar-refractivity contribution in [2.45, 2.75) is 6.42 Å². The molecule has 28 heavy (non-hydrogen) atoms. The van der Waals surface area contributed by atoms with Crippen LogP contribution in [0, 0.1) is 0 Å². The third-order valence-corrected chi connectivity index (χ3v) is 4.71. The lowest BCUT2D eigenvalue weighted by atomic mass is 10.1. The summed E-state index contributed by atoms with van der Waals surface area (Å²) in [7, 11) is 0. The molecule has 136 valence electrons. The SMILES string of the molecule is c1ccc2cc(-c3cnc4ccc(NCCc5cnccn5)nn34)ccc2c1. The first-order valence-electron chi connectivity index (χ1n) is 9.19.